The number of nitrogens with one attached hydrogen (secondary N) is 1. The van der Waals surface area contributed by atoms with Crippen LogP contribution in [0.25, 0.3) is 0 Å². The molecule has 0 aromatic carbocycles. The summed E-state index contributed by atoms with van der Waals surface area (Å²) >= 11 is 1.87. The van der Waals surface area contributed by atoms with Gasteiger partial charge in [0.15, 0.2) is 0 Å². The zero-order valence-electron chi connectivity index (χ0n) is 6.41. The Morgan fingerprint density at radius 3 is 2.00 bits per heavy atom. The van der Waals surface area contributed by atoms with Gasteiger partial charge in [-0.15, -0.1) is 0 Å². The maximum atomic E-state index is 4.69. The zero-order valence-corrected chi connectivity index (χ0v) is 8.57. The molecule has 0 rings (SSSR count). The Morgan fingerprint density at radius 2 is 1.89 bits per heavy atom. The minimum absolute atomic E-state index is 0.789. The van der Waals surface area contributed by atoms with E-state index in [0.29, 0.717) is 0 Å². The molecule has 0 saturated carbocycles. The van der Waals surface area contributed by atoms with Crippen molar-refractivity contribution in [1.29, 1.82) is 0 Å². The van der Waals surface area contributed by atoms with Crippen LogP contribution in [-0.2, 0) is 3.07 Å². The lowest BCUT2D eigenvalue weighted by Gasteiger charge is -1.89. The van der Waals surface area contributed by atoms with Crippen LogP contribution in [0.15, 0.2) is 0 Å². The summed E-state index contributed by atoms with van der Waals surface area (Å²) in [4.78, 5) is 0. The van der Waals surface area contributed by atoms with Crippen molar-refractivity contribution >= 4 is 23.0 Å². The Balaban J connectivity index is 0. The molecule has 0 fully saturated rings. The lowest BCUT2D eigenvalue weighted by atomic mass is 10.6. The van der Waals surface area contributed by atoms with Gasteiger partial charge < -0.3 is 8.38 Å². The molecule has 0 spiro atoms. The quantitative estimate of drug-likeness (QED) is 0.606. The Morgan fingerprint density at radius 1 is 1.44 bits per heavy atom. The molecular formula is C6H16INO. The van der Waals surface area contributed by atoms with E-state index in [4.69, 9.17) is 0 Å². The summed E-state index contributed by atoms with van der Waals surface area (Å²) in [6, 6.07) is 0. The minimum Gasteiger partial charge on any atom is -0.317 e. The molecule has 0 amide bonds. The van der Waals surface area contributed by atoms with Crippen molar-refractivity contribution in [3.05, 3.63) is 0 Å². The van der Waals surface area contributed by atoms with Crippen molar-refractivity contribution in [2.45, 2.75) is 20.3 Å². The molecule has 0 atom stereocenters. The van der Waals surface area contributed by atoms with E-state index in [0.717, 1.165) is 13.2 Å². The van der Waals surface area contributed by atoms with Gasteiger partial charge in [-0.05, 0) is 7.05 Å². The van der Waals surface area contributed by atoms with Crippen LogP contribution >= 0.6 is 23.0 Å². The van der Waals surface area contributed by atoms with Gasteiger partial charge >= 0.3 is 0 Å². The summed E-state index contributed by atoms with van der Waals surface area (Å²) in [5, 5.41) is 2.94. The second-order valence-corrected chi connectivity index (χ2v) is 2.25. The molecule has 1 N–H and O–H groups in total. The third kappa shape index (κ3) is 28.7. The monoisotopic (exact) mass is 245 g/mol. The first kappa shape index (κ1) is 12.3. The molecule has 3 heteroatoms. The molecule has 0 aromatic rings. The molecule has 58 valence electrons. The molecule has 9 heavy (non-hydrogen) atoms. The second kappa shape index (κ2) is 15.9. The topological polar surface area (TPSA) is 21.3 Å². The summed E-state index contributed by atoms with van der Waals surface area (Å²) < 4.78 is 4.69. The van der Waals surface area contributed by atoms with Crippen molar-refractivity contribution in [1.82, 2.24) is 5.32 Å². The van der Waals surface area contributed by atoms with E-state index < -0.39 is 0 Å². The Kier molecular flexibility index (Phi) is 21.7. The van der Waals surface area contributed by atoms with Gasteiger partial charge in [-0.1, -0.05) is 20.3 Å². The van der Waals surface area contributed by atoms with E-state index in [1.807, 2.05) is 30.1 Å². The molecule has 0 aromatic heterocycles. The van der Waals surface area contributed by atoms with E-state index in [9.17, 15) is 0 Å². The summed E-state index contributed by atoms with van der Waals surface area (Å²) in [7, 11) is 1.90. The lowest BCUT2D eigenvalue weighted by molar-refractivity contribution is 0.422. The SMILES string of the molecule is CCC.CNCCOI. The fraction of sp³-hybridized carbons (Fsp3) is 1.00. The highest BCUT2D eigenvalue weighted by Crippen LogP contribution is 1.79. The van der Waals surface area contributed by atoms with Gasteiger partial charge in [-0.2, -0.15) is 0 Å². The van der Waals surface area contributed by atoms with Gasteiger partial charge in [-0.3, -0.25) is 0 Å². The normalized spacial score (nSPS) is 8.00. The number of halogens is 1. The Bertz CT molecular complexity index is 32.2. The third-order valence-electron chi connectivity index (χ3n) is 0.429. The highest BCUT2D eigenvalue weighted by atomic mass is 127. The van der Waals surface area contributed by atoms with Crippen LogP contribution in [0, 0.1) is 0 Å². The van der Waals surface area contributed by atoms with Gasteiger partial charge in [0.25, 0.3) is 0 Å². The second-order valence-electron chi connectivity index (χ2n) is 1.62. The highest BCUT2D eigenvalue weighted by molar-refractivity contribution is 14.1. The van der Waals surface area contributed by atoms with Crippen LogP contribution in [0.5, 0.6) is 0 Å². The molecule has 0 unspecified atom stereocenters. The fourth-order valence-corrected chi connectivity index (χ4v) is 0.361. The standard InChI is InChI=1S/C3H8INO.C3H8/c1-5-2-3-6-4;1-3-2/h5H,2-3H2,1H3;3H2,1-2H3. The molecule has 2 nitrogen and oxygen atoms in total. The largest absolute Gasteiger partial charge is 0.317 e. The predicted molar refractivity (Wildman–Crippen MR) is 49.9 cm³/mol. The first-order valence-corrected chi connectivity index (χ1v) is 4.09. The van der Waals surface area contributed by atoms with Crippen LogP contribution in [-0.4, -0.2) is 20.2 Å². The van der Waals surface area contributed by atoms with Crippen molar-refractivity contribution in [2.24, 2.45) is 0 Å². The van der Waals surface area contributed by atoms with Gasteiger partial charge in [-0.25, -0.2) is 0 Å². The van der Waals surface area contributed by atoms with Crippen molar-refractivity contribution in [2.75, 3.05) is 20.2 Å². The molecule has 0 saturated heterocycles. The average Bonchev–Trinajstić information content (AvgIpc) is 1.86. The molecule has 0 aliphatic rings. The van der Waals surface area contributed by atoms with Crippen LogP contribution in [0.3, 0.4) is 0 Å². The van der Waals surface area contributed by atoms with E-state index in [1.54, 1.807) is 0 Å². The van der Waals surface area contributed by atoms with Gasteiger partial charge in [0.05, 0.1) is 6.61 Å². The molecular weight excluding hydrogens is 229 g/mol. The van der Waals surface area contributed by atoms with Crippen LogP contribution < -0.4 is 5.32 Å². The summed E-state index contributed by atoms with van der Waals surface area (Å²) in [5.74, 6) is 0. The van der Waals surface area contributed by atoms with Gasteiger partial charge in [0, 0.05) is 6.54 Å². The molecule has 0 radical (unpaired) electrons. The first-order chi connectivity index (χ1) is 4.33. The van der Waals surface area contributed by atoms with E-state index in [1.165, 1.54) is 6.42 Å². The van der Waals surface area contributed by atoms with Crippen LogP contribution in [0.1, 0.15) is 20.3 Å². The smallest absolute Gasteiger partial charge is 0.109 e. The average molecular weight is 245 g/mol. The van der Waals surface area contributed by atoms with Gasteiger partial charge in [0.1, 0.15) is 23.0 Å². The summed E-state index contributed by atoms with van der Waals surface area (Å²) in [6.07, 6.45) is 1.25. The predicted octanol–water partition coefficient (Wildman–Crippen LogP) is 1.99. The zero-order chi connectivity index (χ0) is 7.54. The summed E-state index contributed by atoms with van der Waals surface area (Å²) in [6.45, 7) is 5.97. The van der Waals surface area contributed by atoms with Gasteiger partial charge in [0.2, 0.25) is 0 Å². The van der Waals surface area contributed by atoms with Crippen LogP contribution in [0.2, 0.25) is 0 Å². The maximum Gasteiger partial charge on any atom is 0.109 e. The Hall–Kier alpha value is 0.650. The van der Waals surface area contributed by atoms with Crippen molar-refractivity contribution in [3.63, 3.8) is 0 Å². The van der Waals surface area contributed by atoms with Crippen molar-refractivity contribution in [3.8, 4) is 0 Å². The molecule has 0 aliphatic heterocycles. The van der Waals surface area contributed by atoms with Crippen LogP contribution in [0.4, 0.5) is 0 Å². The molecule has 0 aliphatic carbocycles. The number of likely N-dealkylation sites (N-methyl/N-ethyl adjacent to an activating group) is 1. The Labute approximate surface area is 72.0 Å². The molecule has 0 heterocycles. The van der Waals surface area contributed by atoms with Crippen molar-refractivity contribution < 1.29 is 3.07 Å². The maximum absolute atomic E-state index is 4.69. The fourth-order valence-electron chi connectivity index (χ4n) is 0.141. The van der Waals surface area contributed by atoms with E-state index in [2.05, 4.69) is 22.2 Å². The third-order valence-corrected chi connectivity index (χ3v) is 0.870. The van der Waals surface area contributed by atoms with E-state index >= 15 is 0 Å². The number of hydrogen-bond acceptors (Lipinski definition) is 2. The number of rotatable bonds is 3. The lowest BCUT2D eigenvalue weighted by Crippen LogP contribution is -2.11. The highest BCUT2D eigenvalue weighted by Gasteiger charge is 1.74. The number of hydrogen-bond donors (Lipinski definition) is 1. The summed E-state index contributed by atoms with van der Waals surface area (Å²) in [5.41, 5.74) is 0. The first-order valence-electron chi connectivity index (χ1n) is 3.21. The minimum atomic E-state index is 0.789. The molecule has 0 bridgehead atoms. The van der Waals surface area contributed by atoms with E-state index in [-0.39, 0.29) is 0 Å².